The van der Waals surface area contributed by atoms with Crippen molar-refractivity contribution in [3.8, 4) is 22.6 Å². The van der Waals surface area contributed by atoms with Crippen molar-refractivity contribution in [2.45, 2.75) is 50.2 Å². The highest BCUT2D eigenvalue weighted by molar-refractivity contribution is 5.93. The number of hydrogen-bond donors (Lipinski definition) is 7. The topological polar surface area (TPSA) is 197 Å². The Morgan fingerprint density at radius 1 is 1.00 bits per heavy atom. The van der Waals surface area contributed by atoms with Crippen molar-refractivity contribution in [3.05, 3.63) is 47.5 Å². The number of likely N-dealkylation sites (N-methyl/N-ethyl adjacent to an activating group) is 1. The Morgan fingerprint density at radius 2 is 1.61 bits per heavy atom. The largest absolute Gasteiger partial charge is 0.508 e. The normalized spacial score (nSPS) is 20.3. The summed E-state index contributed by atoms with van der Waals surface area (Å²) in [4.78, 5) is 41.2. The lowest BCUT2D eigenvalue weighted by Crippen LogP contribution is -2.57. The molecule has 0 aliphatic carbocycles. The smallest absolute Gasteiger partial charge is 0.245 e. The molecule has 11 nitrogen and oxygen atoms in total. The van der Waals surface area contributed by atoms with E-state index < -0.39 is 35.8 Å². The zero-order valence-corrected chi connectivity index (χ0v) is 21.7. The summed E-state index contributed by atoms with van der Waals surface area (Å²) in [5, 5.41) is 26.6. The Bertz CT molecular complexity index is 1160. The molecule has 0 saturated heterocycles. The quantitative estimate of drug-likeness (QED) is 0.239. The van der Waals surface area contributed by atoms with Crippen molar-refractivity contribution < 1.29 is 24.6 Å². The SMILES string of the molecule is CN1C(=O)[C@@H](CCCCN)NC(=O)[C@@H](N)Cc2cc(ccc2O)-c2ccc(O)c(c2)C[C@@H]1C(=O)NCCN. The minimum Gasteiger partial charge on any atom is -0.508 e. The molecular formula is C27H38N6O5. The van der Waals surface area contributed by atoms with E-state index in [1.165, 1.54) is 24.1 Å². The van der Waals surface area contributed by atoms with E-state index in [-0.39, 0.29) is 37.4 Å². The highest BCUT2D eigenvalue weighted by Gasteiger charge is 2.33. The first-order chi connectivity index (χ1) is 18.2. The molecule has 0 radical (unpaired) electrons. The third kappa shape index (κ3) is 7.00. The zero-order chi connectivity index (χ0) is 27.8. The number of amides is 3. The monoisotopic (exact) mass is 526 g/mol. The molecule has 3 rings (SSSR count). The van der Waals surface area contributed by atoms with Crippen molar-refractivity contribution in [1.82, 2.24) is 15.5 Å². The van der Waals surface area contributed by atoms with Gasteiger partial charge >= 0.3 is 0 Å². The molecule has 4 bridgehead atoms. The fraction of sp³-hybridized carbons (Fsp3) is 0.444. The molecule has 1 aliphatic heterocycles. The molecule has 0 fully saturated rings. The number of nitrogens with zero attached hydrogens (tertiary/aromatic N) is 1. The highest BCUT2D eigenvalue weighted by atomic mass is 16.3. The van der Waals surface area contributed by atoms with Crippen LogP contribution in [0.15, 0.2) is 36.4 Å². The van der Waals surface area contributed by atoms with Gasteiger partial charge in [0.15, 0.2) is 0 Å². The Kier molecular flexibility index (Phi) is 10.1. The molecule has 10 N–H and O–H groups in total. The molecule has 0 aromatic heterocycles. The van der Waals surface area contributed by atoms with Gasteiger partial charge in [-0.25, -0.2) is 0 Å². The van der Waals surface area contributed by atoms with Crippen LogP contribution in [0.1, 0.15) is 30.4 Å². The van der Waals surface area contributed by atoms with E-state index in [1.807, 2.05) is 0 Å². The van der Waals surface area contributed by atoms with Crippen molar-refractivity contribution in [3.63, 3.8) is 0 Å². The van der Waals surface area contributed by atoms with Gasteiger partial charge in [0.1, 0.15) is 23.6 Å². The predicted octanol–water partition coefficient (Wildman–Crippen LogP) is -0.294. The van der Waals surface area contributed by atoms with Crippen molar-refractivity contribution >= 4 is 17.7 Å². The molecule has 3 amide bonds. The fourth-order valence-corrected chi connectivity index (χ4v) is 4.54. The molecule has 1 aliphatic rings. The van der Waals surface area contributed by atoms with Gasteiger partial charge in [-0.15, -0.1) is 0 Å². The number of nitrogens with two attached hydrogens (primary N) is 3. The van der Waals surface area contributed by atoms with Gasteiger partial charge in [0.05, 0.1) is 6.04 Å². The second-order valence-corrected chi connectivity index (χ2v) is 9.59. The Labute approximate surface area is 222 Å². The number of carbonyl (C=O) groups is 3. The molecule has 11 heteroatoms. The second-order valence-electron chi connectivity index (χ2n) is 9.59. The summed E-state index contributed by atoms with van der Waals surface area (Å²) >= 11 is 0. The van der Waals surface area contributed by atoms with E-state index in [4.69, 9.17) is 17.2 Å². The summed E-state index contributed by atoms with van der Waals surface area (Å²) in [5.74, 6) is -1.48. The number of aromatic hydroxyl groups is 2. The predicted molar refractivity (Wildman–Crippen MR) is 144 cm³/mol. The van der Waals surface area contributed by atoms with Gasteiger partial charge in [0, 0.05) is 33.0 Å². The molecule has 0 spiro atoms. The van der Waals surface area contributed by atoms with Crippen LogP contribution in [-0.2, 0) is 27.2 Å². The average molecular weight is 527 g/mol. The molecule has 3 atom stereocenters. The number of fused-ring (bicyclic) bond motifs is 5. The third-order valence-electron chi connectivity index (χ3n) is 6.81. The Morgan fingerprint density at radius 3 is 2.18 bits per heavy atom. The summed E-state index contributed by atoms with van der Waals surface area (Å²) in [6, 6.07) is 7.00. The molecule has 38 heavy (non-hydrogen) atoms. The maximum absolute atomic E-state index is 13.7. The van der Waals surface area contributed by atoms with E-state index in [0.29, 0.717) is 36.9 Å². The molecule has 1 heterocycles. The summed E-state index contributed by atoms with van der Waals surface area (Å²) < 4.78 is 0. The number of rotatable bonds is 7. The van der Waals surface area contributed by atoms with E-state index in [9.17, 15) is 24.6 Å². The first kappa shape index (κ1) is 28.9. The lowest BCUT2D eigenvalue weighted by Gasteiger charge is -2.31. The lowest BCUT2D eigenvalue weighted by molar-refractivity contribution is -0.142. The van der Waals surface area contributed by atoms with Crippen LogP contribution in [0.25, 0.3) is 11.1 Å². The van der Waals surface area contributed by atoms with Crippen molar-refractivity contribution in [2.24, 2.45) is 17.2 Å². The van der Waals surface area contributed by atoms with E-state index >= 15 is 0 Å². The number of phenols is 2. The lowest BCUT2D eigenvalue weighted by atomic mass is 9.95. The Hall–Kier alpha value is -3.67. The van der Waals surface area contributed by atoms with Gasteiger partial charge in [-0.3, -0.25) is 14.4 Å². The minimum atomic E-state index is -1.03. The summed E-state index contributed by atoms with van der Waals surface area (Å²) in [6.45, 7) is 0.862. The van der Waals surface area contributed by atoms with Crippen LogP contribution in [0.4, 0.5) is 0 Å². The van der Waals surface area contributed by atoms with Gasteiger partial charge < -0.3 is 42.9 Å². The number of benzene rings is 2. The maximum Gasteiger partial charge on any atom is 0.245 e. The van der Waals surface area contributed by atoms with Crippen LogP contribution in [0.2, 0.25) is 0 Å². The standard InChI is InChI=1S/C27H38N6O5/c1-33-22(26(37)31-11-10-29)15-19-13-17(6-8-24(19)35)16-5-7-23(34)18(12-16)14-20(30)25(36)32-21(27(33)38)4-2-3-9-28/h5-8,12-13,20-22,34-35H,2-4,9-11,14-15,28-30H2,1H3,(H,31,37)(H,32,36)/t20-,21+,22+/m0/s1. The van der Waals surface area contributed by atoms with E-state index in [0.717, 1.165) is 11.1 Å². The number of phenolic OH excluding ortho intramolecular Hbond substituents is 2. The molecule has 2 aromatic rings. The van der Waals surface area contributed by atoms with Crippen molar-refractivity contribution in [2.75, 3.05) is 26.7 Å². The van der Waals surface area contributed by atoms with Crippen LogP contribution >= 0.6 is 0 Å². The fourth-order valence-electron chi connectivity index (χ4n) is 4.54. The van der Waals surface area contributed by atoms with Crippen LogP contribution in [-0.4, -0.2) is 77.6 Å². The Balaban J connectivity index is 2.11. The van der Waals surface area contributed by atoms with Crippen LogP contribution in [0.5, 0.6) is 11.5 Å². The molecule has 0 saturated carbocycles. The molecular weight excluding hydrogens is 488 g/mol. The first-order valence-electron chi connectivity index (χ1n) is 12.8. The van der Waals surface area contributed by atoms with Crippen LogP contribution in [0.3, 0.4) is 0 Å². The first-order valence-corrected chi connectivity index (χ1v) is 12.8. The summed E-state index contributed by atoms with van der Waals surface area (Å²) in [5.41, 5.74) is 19.8. The average Bonchev–Trinajstić information content (AvgIpc) is 2.90. The van der Waals surface area contributed by atoms with Crippen LogP contribution in [0, 0.1) is 0 Å². The third-order valence-corrected chi connectivity index (χ3v) is 6.81. The highest BCUT2D eigenvalue weighted by Crippen LogP contribution is 2.31. The van der Waals surface area contributed by atoms with Gasteiger partial charge in [-0.1, -0.05) is 12.1 Å². The van der Waals surface area contributed by atoms with Gasteiger partial charge in [-0.2, -0.15) is 0 Å². The number of unbranched alkanes of at least 4 members (excludes halogenated alkanes) is 1. The number of nitrogens with one attached hydrogen (secondary N) is 2. The second kappa shape index (κ2) is 13.2. The molecule has 206 valence electrons. The molecule has 0 unspecified atom stereocenters. The van der Waals surface area contributed by atoms with Gasteiger partial charge in [0.2, 0.25) is 17.7 Å². The van der Waals surface area contributed by atoms with Crippen LogP contribution < -0.4 is 27.8 Å². The summed E-state index contributed by atoms with van der Waals surface area (Å²) in [7, 11) is 1.50. The van der Waals surface area contributed by atoms with Crippen molar-refractivity contribution in [1.29, 1.82) is 0 Å². The van der Waals surface area contributed by atoms with E-state index in [1.54, 1.807) is 24.3 Å². The number of hydrogen-bond acceptors (Lipinski definition) is 8. The zero-order valence-electron chi connectivity index (χ0n) is 21.7. The minimum absolute atomic E-state index is 0.00716. The number of carbonyl (C=O) groups excluding carboxylic acids is 3. The summed E-state index contributed by atoms with van der Waals surface area (Å²) in [6.07, 6.45) is 1.59. The van der Waals surface area contributed by atoms with Gasteiger partial charge in [-0.05, 0) is 72.3 Å². The van der Waals surface area contributed by atoms with Gasteiger partial charge in [0.25, 0.3) is 0 Å². The maximum atomic E-state index is 13.7. The van der Waals surface area contributed by atoms with E-state index in [2.05, 4.69) is 10.6 Å². The molecule has 2 aromatic carbocycles.